The highest BCUT2D eigenvalue weighted by atomic mass is 15.2. The minimum Gasteiger partial charge on any atom is -0.371 e. The van der Waals surface area contributed by atoms with E-state index < -0.39 is 0 Å². The molecule has 2 aromatic rings. The molecule has 2 aromatic carbocycles. The third-order valence-electron chi connectivity index (χ3n) is 5.67. The number of rotatable bonds is 2. The third-order valence-corrected chi connectivity index (χ3v) is 5.67. The molecule has 23 heavy (non-hydrogen) atoms. The van der Waals surface area contributed by atoms with Crippen molar-refractivity contribution in [2.45, 2.75) is 44.6 Å². The van der Waals surface area contributed by atoms with E-state index >= 15 is 0 Å². The number of nitrogens with zero attached hydrogens (tertiary/aromatic N) is 1. The Kier molecular flexibility index (Phi) is 3.72. The molecule has 0 spiro atoms. The molecule has 4 rings (SSSR count). The van der Waals surface area contributed by atoms with Gasteiger partial charge in [-0.15, -0.1) is 0 Å². The topological polar surface area (TPSA) is 3.24 Å². The molecule has 1 heteroatoms. The molecule has 1 aliphatic carbocycles. The van der Waals surface area contributed by atoms with Gasteiger partial charge in [-0.3, -0.25) is 0 Å². The molecule has 118 valence electrons. The molecular weight excluding hydrogens is 278 g/mol. The summed E-state index contributed by atoms with van der Waals surface area (Å²) in [6.07, 6.45) is 7.81. The van der Waals surface area contributed by atoms with Crippen molar-refractivity contribution in [2.24, 2.45) is 0 Å². The Bertz CT molecular complexity index is 729. The number of hydrogen-bond acceptors (Lipinski definition) is 1. The van der Waals surface area contributed by atoms with Crippen molar-refractivity contribution in [1.82, 2.24) is 0 Å². The summed E-state index contributed by atoms with van der Waals surface area (Å²) in [6.45, 7) is 2.21. The highest BCUT2D eigenvalue weighted by molar-refractivity contribution is 5.81. The van der Waals surface area contributed by atoms with Gasteiger partial charge in [-0.1, -0.05) is 55.3 Å². The average molecular weight is 303 g/mol. The lowest BCUT2D eigenvalue weighted by molar-refractivity contribution is 0.396. The number of anilines is 1. The van der Waals surface area contributed by atoms with Crippen molar-refractivity contribution in [1.29, 1.82) is 0 Å². The van der Waals surface area contributed by atoms with Gasteiger partial charge in [0.25, 0.3) is 0 Å². The fourth-order valence-electron chi connectivity index (χ4n) is 4.43. The van der Waals surface area contributed by atoms with E-state index in [4.69, 9.17) is 0 Å². The summed E-state index contributed by atoms with van der Waals surface area (Å²) in [4.78, 5) is 2.52. The van der Waals surface area contributed by atoms with Gasteiger partial charge in [-0.25, -0.2) is 0 Å². The van der Waals surface area contributed by atoms with Crippen molar-refractivity contribution >= 4 is 17.3 Å². The summed E-state index contributed by atoms with van der Waals surface area (Å²) in [5.41, 5.74) is 7.01. The van der Waals surface area contributed by atoms with Crippen LogP contribution in [0.5, 0.6) is 0 Å². The van der Waals surface area contributed by atoms with Gasteiger partial charge in [-0.05, 0) is 54.2 Å². The third kappa shape index (κ3) is 2.59. The monoisotopic (exact) mass is 303 g/mol. The highest BCUT2D eigenvalue weighted by Gasteiger charge is 2.37. The predicted molar refractivity (Wildman–Crippen MR) is 99.8 cm³/mol. The van der Waals surface area contributed by atoms with Crippen LogP contribution in [0.3, 0.4) is 0 Å². The first-order chi connectivity index (χ1) is 11.2. The van der Waals surface area contributed by atoms with Gasteiger partial charge in [0.2, 0.25) is 0 Å². The van der Waals surface area contributed by atoms with E-state index in [2.05, 4.69) is 73.5 Å². The van der Waals surface area contributed by atoms with Gasteiger partial charge in [0, 0.05) is 24.7 Å². The van der Waals surface area contributed by atoms with Crippen LogP contribution in [-0.4, -0.2) is 13.1 Å². The second-order valence-electron chi connectivity index (χ2n) is 7.08. The van der Waals surface area contributed by atoms with E-state index in [9.17, 15) is 0 Å². The van der Waals surface area contributed by atoms with Crippen LogP contribution in [0, 0.1) is 0 Å². The molecular formula is C22H25N. The van der Waals surface area contributed by atoms with Crippen LogP contribution in [0.2, 0.25) is 0 Å². The Morgan fingerprint density at radius 3 is 2.65 bits per heavy atom. The van der Waals surface area contributed by atoms with E-state index in [1.54, 1.807) is 5.56 Å². The lowest BCUT2D eigenvalue weighted by atomic mass is 9.82. The molecule has 1 heterocycles. The van der Waals surface area contributed by atoms with Crippen molar-refractivity contribution in [2.75, 3.05) is 11.9 Å². The Morgan fingerprint density at radius 2 is 1.83 bits per heavy atom. The summed E-state index contributed by atoms with van der Waals surface area (Å²) < 4.78 is 0. The van der Waals surface area contributed by atoms with Gasteiger partial charge >= 0.3 is 0 Å². The van der Waals surface area contributed by atoms with Crippen LogP contribution in [0.1, 0.15) is 55.2 Å². The molecule has 2 unspecified atom stereocenters. The second kappa shape index (κ2) is 5.88. The zero-order valence-electron chi connectivity index (χ0n) is 14.1. The van der Waals surface area contributed by atoms with E-state index in [0.29, 0.717) is 0 Å². The molecule has 1 aliphatic heterocycles. The Balaban J connectivity index is 1.68. The minimum atomic E-state index is 0.730. The van der Waals surface area contributed by atoms with Crippen LogP contribution < -0.4 is 4.90 Å². The minimum absolute atomic E-state index is 0.730. The zero-order valence-corrected chi connectivity index (χ0v) is 14.1. The molecule has 2 aliphatic rings. The summed E-state index contributed by atoms with van der Waals surface area (Å²) in [7, 11) is 2.28. The normalized spacial score (nSPS) is 23.6. The maximum atomic E-state index is 2.52. The number of allylic oxidation sites excluding steroid dienone is 1. The maximum Gasteiger partial charge on any atom is 0.0402 e. The van der Waals surface area contributed by atoms with Gasteiger partial charge in [0.05, 0.1) is 0 Å². The maximum absolute atomic E-state index is 2.52. The Labute approximate surface area is 139 Å². The lowest BCUT2D eigenvalue weighted by Crippen LogP contribution is -2.32. The smallest absolute Gasteiger partial charge is 0.0402 e. The van der Waals surface area contributed by atoms with Crippen molar-refractivity contribution < 1.29 is 0 Å². The zero-order chi connectivity index (χ0) is 15.8. The number of fused-ring (bicyclic) bond motifs is 3. The fourth-order valence-corrected chi connectivity index (χ4v) is 4.43. The first-order valence-corrected chi connectivity index (χ1v) is 8.84. The molecule has 1 saturated carbocycles. The van der Waals surface area contributed by atoms with E-state index in [1.165, 1.54) is 48.1 Å². The molecule has 1 fully saturated rings. The lowest BCUT2D eigenvalue weighted by Gasteiger charge is -2.30. The van der Waals surface area contributed by atoms with Gasteiger partial charge in [0.15, 0.2) is 0 Å². The van der Waals surface area contributed by atoms with Crippen molar-refractivity contribution in [3.63, 3.8) is 0 Å². The molecule has 0 N–H and O–H groups in total. The van der Waals surface area contributed by atoms with E-state index in [-0.39, 0.29) is 0 Å². The summed E-state index contributed by atoms with van der Waals surface area (Å²) in [5, 5.41) is 0. The summed E-state index contributed by atoms with van der Waals surface area (Å²) in [5.74, 6) is 0.745. The molecule has 1 nitrogen and oxygen atoms in total. The number of benzene rings is 2. The number of hydrogen-bond donors (Lipinski definition) is 0. The summed E-state index contributed by atoms with van der Waals surface area (Å²) >= 11 is 0. The predicted octanol–water partition coefficient (Wildman–Crippen LogP) is 5.72. The van der Waals surface area contributed by atoms with Crippen molar-refractivity contribution in [3.8, 4) is 0 Å². The SMILES string of the molecule is C/C(=C/c1ccc2c(c1)C1CCCCC1N2C)c1ccccc1. The molecule has 0 radical (unpaired) electrons. The molecule has 0 aromatic heterocycles. The standard InChI is InChI=1S/C22H25N/c1-16(18-8-4-3-5-9-18)14-17-12-13-22-20(15-17)19-10-6-7-11-21(19)23(22)2/h3-5,8-9,12-15,19,21H,6-7,10-11H2,1-2H3/b16-14-. The largest absolute Gasteiger partial charge is 0.371 e. The van der Waals surface area contributed by atoms with Gasteiger partial charge < -0.3 is 4.90 Å². The fraction of sp³-hybridized carbons (Fsp3) is 0.364. The van der Waals surface area contributed by atoms with Crippen LogP contribution in [0.4, 0.5) is 5.69 Å². The molecule has 2 atom stereocenters. The highest BCUT2D eigenvalue weighted by Crippen LogP contribution is 2.47. The van der Waals surface area contributed by atoms with Gasteiger partial charge in [-0.2, -0.15) is 0 Å². The molecule has 0 saturated heterocycles. The van der Waals surface area contributed by atoms with Crippen LogP contribution in [0.25, 0.3) is 11.6 Å². The Morgan fingerprint density at radius 1 is 1.04 bits per heavy atom. The van der Waals surface area contributed by atoms with Crippen molar-refractivity contribution in [3.05, 3.63) is 65.2 Å². The molecule has 0 bridgehead atoms. The Hall–Kier alpha value is -2.02. The van der Waals surface area contributed by atoms with E-state index in [1.807, 2.05) is 0 Å². The van der Waals surface area contributed by atoms with Crippen LogP contribution >= 0.6 is 0 Å². The van der Waals surface area contributed by atoms with Gasteiger partial charge in [0.1, 0.15) is 0 Å². The molecule has 0 amide bonds. The van der Waals surface area contributed by atoms with E-state index in [0.717, 1.165) is 12.0 Å². The average Bonchev–Trinajstić information content (AvgIpc) is 2.89. The summed E-state index contributed by atoms with van der Waals surface area (Å²) in [6, 6.07) is 18.4. The quantitative estimate of drug-likeness (QED) is 0.641. The number of likely N-dealkylation sites (N-methyl/N-ethyl adjacent to an activating group) is 1. The van der Waals surface area contributed by atoms with Crippen LogP contribution in [0.15, 0.2) is 48.5 Å². The second-order valence-corrected chi connectivity index (χ2v) is 7.08. The first-order valence-electron chi connectivity index (χ1n) is 8.84. The van der Waals surface area contributed by atoms with Crippen LogP contribution in [-0.2, 0) is 0 Å². The first kappa shape index (κ1) is 14.6.